The fourth-order valence-corrected chi connectivity index (χ4v) is 3.04. The Morgan fingerprint density at radius 2 is 1.73 bits per heavy atom. The molecule has 0 radical (unpaired) electrons. The van der Waals surface area contributed by atoms with Gasteiger partial charge in [-0.25, -0.2) is 0 Å². The van der Waals surface area contributed by atoms with Crippen LogP contribution in [0.1, 0.15) is 5.69 Å². The summed E-state index contributed by atoms with van der Waals surface area (Å²) in [6.07, 6.45) is 0. The van der Waals surface area contributed by atoms with E-state index in [-0.39, 0.29) is 0 Å². The lowest BCUT2D eigenvalue weighted by atomic mass is 10.1. The third kappa shape index (κ3) is 2.79. The van der Waals surface area contributed by atoms with Crippen LogP contribution in [0.4, 0.5) is 0 Å². The van der Waals surface area contributed by atoms with Crippen molar-refractivity contribution in [3.8, 4) is 22.7 Å². The number of nitrogens with zero attached hydrogens (tertiary/aromatic N) is 1. The number of ether oxygens (including phenoxy) is 1. The molecule has 0 spiro atoms. The van der Waals surface area contributed by atoms with Crippen molar-refractivity contribution in [1.82, 2.24) is 4.57 Å². The second-order valence-electron chi connectivity index (χ2n) is 5.02. The molecule has 0 saturated carbocycles. The van der Waals surface area contributed by atoms with Gasteiger partial charge >= 0.3 is 0 Å². The molecule has 1 heterocycles. The Labute approximate surface area is 143 Å². The third-order valence-corrected chi connectivity index (χ3v) is 4.43. The number of hydrogen-bond acceptors (Lipinski definition) is 1. The molecule has 0 aliphatic rings. The number of aryl methyl sites for hydroxylation is 1. The molecule has 2 aromatic carbocycles. The Bertz CT molecular complexity index is 808. The summed E-state index contributed by atoms with van der Waals surface area (Å²) in [7, 11) is 1.62. The van der Waals surface area contributed by atoms with E-state index in [1.807, 2.05) is 30.3 Å². The van der Waals surface area contributed by atoms with Crippen LogP contribution in [0.25, 0.3) is 16.9 Å². The van der Waals surface area contributed by atoms with Gasteiger partial charge in [-0.1, -0.05) is 39.7 Å². The van der Waals surface area contributed by atoms with Gasteiger partial charge in [-0.05, 0) is 55.0 Å². The van der Waals surface area contributed by atoms with Gasteiger partial charge in [0.05, 0.1) is 17.8 Å². The fraction of sp³-hybridized carbons (Fsp3) is 0.111. The number of hydrogen-bond donors (Lipinski definition) is 0. The summed E-state index contributed by atoms with van der Waals surface area (Å²) in [5.74, 6) is 0.681. The van der Waals surface area contributed by atoms with Crippen molar-refractivity contribution < 1.29 is 4.74 Å². The molecule has 0 amide bonds. The second-order valence-corrected chi connectivity index (χ2v) is 6.34. The highest BCUT2D eigenvalue weighted by atomic mass is 79.9. The van der Waals surface area contributed by atoms with E-state index in [2.05, 4.69) is 51.7 Å². The summed E-state index contributed by atoms with van der Waals surface area (Å²) in [4.78, 5) is 0. The Morgan fingerprint density at radius 1 is 1.00 bits per heavy atom. The van der Waals surface area contributed by atoms with Crippen LogP contribution >= 0.6 is 27.5 Å². The first-order valence-corrected chi connectivity index (χ1v) is 8.05. The van der Waals surface area contributed by atoms with E-state index in [0.717, 1.165) is 27.1 Å². The lowest BCUT2D eigenvalue weighted by molar-refractivity contribution is 0.415. The smallest absolute Gasteiger partial charge is 0.137 e. The predicted octanol–water partition coefficient (Wildman–Crippen LogP) is 5.88. The molecule has 0 N–H and O–H groups in total. The summed E-state index contributed by atoms with van der Waals surface area (Å²) in [5, 5.41) is 0.606. The lowest BCUT2D eigenvalue weighted by Crippen LogP contribution is -1.99. The fourth-order valence-electron chi connectivity index (χ4n) is 2.52. The van der Waals surface area contributed by atoms with Crippen molar-refractivity contribution in [3.05, 3.63) is 69.8 Å². The van der Waals surface area contributed by atoms with Crippen molar-refractivity contribution in [2.75, 3.05) is 7.11 Å². The van der Waals surface area contributed by atoms with Crippen molar-refractivity contribution in [3.63, 3.8) is 0 Å². The molecule has 3 aromatic rings. The van der Waals surface area contributed by atoms with E-state index in [1.54, 1.807) is 7.11 Å². The highest BCUT2D eigenvalue weighted by Crippen LogP contribution is 2.31. The van der Waals surface area contributed by atoms with Crippen molar-refractivity contribution in [2.45, 2.75) is 6.92 Å². The van der Waals surface area contributed by atoms with Gasteiger partial charge in [0.2, 0.25) is 0 Å². The zero-order valence-corrected chi connectivity index (χ0v) is 14.6. The minimum atomic E-state index is 0.606. The Hall–Kier alpha value is -1.71. The maximum Gasteiger partial charge on any atom is 0.137 e. The molecule has 4 heteroatoms. The van der Waals surface area contributed by atoms with E-state index in [9.17, 15) is 0 Å². The van der Waals surface area contributed by atoms with E-state index in [4.69, 9.17) is 16.3 Å². The normalized spacial score (nSPS) is 10.7. The van der Waals surface area contributed by atoms with Crippen LogP contribution < -0.4 is 4.74 Å². The molecule has 0 saturated heterocycles. The lowest BCUT2D eigenvalue weighted by Gasteiger charge is -2.14. The molecule has 0 aliphatic heterocycles. The number of methoxy groups -OCH3 is 1. The van der Waals surface area contributed by atoms with Crippen LogP contribution in [0.3, 0.4) is 0 Å². The van der Waals surface area contributed by atoms with E-state index in [0.29, 0.717) is 10.8 Å². The molecule has 3 rings (SSSR count). The molecular weight excluding hydrogens is 362 g/mol. The Balaban J connectivity index is 2.13. The SMILES string of the molecule is COc1ccc(-n2c(C)ccc2-c2ccc(Br)cc2)cc1Cl. The Kier molecular flexibility index (Phi) is 4.27. The average molecular weight is 377 g/mol. The van der Waals surface area contributed by atoms with Gasteiger partial charge in [0.25, 0.3) is 0 Å². The van der Waals surface area contributed by atoms with Crippen LogP contribution in [0, 0.1) is 6.92 Å². The van der Waals surface area contributed by atoms with Gasteiger partial charge < -0.3 is 9.30 Å². The van der Waals surface area contributed by atoms with Crippen LogP contribution in [0.2, 0.25) is 5.02 Å². The van der Waals surface area contributed by atoms with Crippen molar-refractivity contribution >= 4 is 27.5 Å². The zero-order valence-electron chi connectivity index (χ0n) is 12.3. The van der Waals surface area contributed by atoms with Crippen LogP contribution in [-0.2, 0) is 0 Å². The standard InChI is InChI=1S/C18H15BrClNO/c1-12-3-9-17(13-4-6-14(19)7-5-13)21(12)15-8-10-18(22-2)16(20)11-15/h3-11H,1-2H3. The quantitative estimate of drug-likeness (QED) is 0.557. The minimum absolute atomic E-state index is 0.606. The monoisotopic (exact) mass is 375 g/mol. The molecule has 22 heavy (non-hydrogen) atoms. The number of halogens is 2. The summed E-state index contributed by atoms with van der Waals surface area (Å²) >= 11 is 9.75. The van der Waals surface area contributed by atoms with Crippen molar-refractivity contribution in [1.29, 1.82) is 0 Å². The number of benzene rings is 2. The number of rotatable bonds is 3. The number of aromatic nitrogens is 1. The Morgan fingerprint density at radius 3 is 2.36 bits per heavy atom. The maximum atomic E-state index is 6.27. The largest absolute Gasteiger partial charge is 0.495 e. The highest BCUT2D eigenvalue weighted by molar-refractivity contribution is 9.10. The van der Waals surface area contributed by atoms with Crippen LogP contribution in [0.15, 0.2) is 59.1 Å². The van der Waals surface area contributed by atoms with Crippen LogP contribution in [-0.4, -0.2) is 11.7 Å². The second kappa shape index (κ2) is 6.19. The van der Waals surface area contributed by atoms with E-state index in [1.165, 1.54) is 0 Å². The first-order chi connectivity index (χ1) is 10.6. The molecule has 0 fully saturated rings. The summed E-state index contributed by atoms with van der Waals surface area (Å²) in [6, 6.07) is 18.3. The molecule has 1 aromatic heterocycles. The summed E-state index contributed by atoms with van der Waals surface area (Å²) in [6.45, 7) is 2.08. The first-order valence-electron chi connectivity index (χ1n) is 6.88. The summed E-state index contributed by atoms with van der Waals surface area (Å²) < 4.78 is 8.49. The van der Waals surface area contributed by atoms with Gasteiger partial charge in [0.15, 0.2) is 0 Å². The highest BCUT2D eigenvalue weighted by Gasteiger charge is 2.11. The van der Waals surface area contributed by atoms with E-state index < -0.39 is 0 Å². The average Bonchev–Trinajstić information content (AvgIpc) is 2.89. The van der Waals surface area contributed by atoms with Gasteiger partial charge in [0, 0.05) is 15.9 Å². The maximum absolute atomic E-state index is 6.27. The molecule has 0 aliphatic carbocycles. The third-order valence-electron chi connectivity index (χ3n) is 3.61. The molecule has 0 unspecified atom stereocenters. The van der Waals surface area contributed by atoms with E-state index >= 15 is 0 Å². The first kappa shape index (κ1) is 15.2. The molecule has 0 bridgehead atoms. The molecule has 112 valence electrons. The topological polar surface area (TPSA) is 14.2 Å². The molecule has 2 nitrogen and oxygen atoms in total. The van der Waals surface area contributed by atoms with Crippen molar-refractivity contribution in [2.24, 2.45) is 0 Å². The van der Waals surface area contributed by atoms with Crippen LogP contribution in [0.5, 0.6) is 5.75 Å². The predicted molar refractivity (Wildman–Crippen MR) is 95.2 cm³/mol. The molecular formula is C18H15BrClNO. The summed E-state index contributed by atoms with van der Waals surface area (Å²) in [5.41, 5.74) is 4.46. The van der Waals surface area contributed by atoms with Gasteiger partial charge in [-0.2, -0.15) is 0 Å². The zero-order chi connectivity index (χ0) is 15.7. The minimum Gasteiger partial charge on any atom is -0.495 e. The van der Waals surface area contributed by atoms with Gasteiger partial charge in [-0.15, -0.1) is 0 Å². The van der Waals surface area contributed by atoms with Gasteiger partial charge in [0.1, 0.15) is 5.75 Å². The van der Waals surface area contributed by atoms with Gasteiger partial charge in [-0.3, -0.25) is 0 Å². The molecule has 0 atom stereocenters.